The number of nitrogens with zero attached hydrogens (tertiary/aromatic N) is 3. The molecule has 0 bridgehead atoms. The van der Waals surface area contributed by atoms with E-state index in [2.05, 4.69) is 36.6 Å². The minimum atomic E-state index is -0.491. The molecule has 5 rings (SSSR count). The summed E-state index contributed by atoms with van der Waals surface area (Å²) in [7, 11) is 0. The molecule has 38 heavy (non-hydrogen) atoms. The molecular weight excluding hydrogens is 498 g/mol. The van der Waals surface area contributed by atoms with Crippen molar-refractivity contribution in [1.82, 2.24) is 14.5 Å². The molecule has 1 fully saturated rings. The summed E-state index contributed by atoms with van der Waals surface area (Å²) >= 11 is 6.49. The molecule has 2 aliphatic rings. The summed E-state index contributed by atoms with van der Waals surface area (Å²) in [6.45, 7) is 11.5. The van der Waals surface area contributed by atoms with Crippen LogP contribution < -0.4 is 5.56 Å². The van der Waals surface area contributed by atoms with Crippen molar-refractivity contribution < 1.29 is 9.53 Å². The second-order valence-corrected chi connectivity index (χ2v) is 12.2. The number of aromatic nitrogens is 2. The fraction of sp³-hybridized carbons (Fsp3) is 0.516. The lowest BCUT2D eigenvalue weighted by Crippen LogP contribution is -2.41. The summed E-state index contributed by atoms with van der Waals surface area (Å²) < 4.78 is 7.77. The molecule has 2 aliphatic heterocycles. The summed E-state index contributed by atoms with van der Waals surface area (Å²) in [5.74, 6) is 1.20. The van der Waals surface area contributed by atoms with E-state index in [9.17, 15) is 9.59 Å². The number of hydrogen-bond acceptors (Lipinski definition) is 4. The Balaban J connectivity index is 1.56. The molecule has 202 valence electrons. The predicted octanol–water partition coefficient (Wildman–Crippen LogP) is 7.35. The van der Waals surface area contributed by atoms with Gasteiger partial charge in [-0.05, 0) is 81.7 Å². The Bertz CT molecular complexity index is 1420. The van der Waals surface area contributed by atoms with E-state index in [-0.39, 0.29) is 17.1 Å². The standard InChI is InChI=1S/C31H38ClN3O3/c1-6-15-31(16-7-2)22-19-21(20-13-17-34(18-14-20)29(37)38-30(3,4)5)11-12-24(22)35-25-10-8-9-23(32)26(25)27(36)33-28(31)35/h8-12,19-20H,6-7,13-18H2,1-5H3. The Kier molecular flexibility index (Phi) is 7.06. The highest BCUT2D eigenvalue weighted by atomic mass is 35.5. The van der Waals surface area contributed by atoms with Crippen molar-refractivity contribution in [1.29, 1.82) is 0 Å². The molecule has 1 amide bonds. The number of rotatable bonds is 5. The molecule has 0 aliphatic carbocycles. The summed E-state index contributed by atoms with van der Waals surface area (Å²) in [6, 6.07) is 12.4. The quantitative estimate of drug-likeness (QED) is 0.342. The van der Waals surface area contributed by atoms with Gasteiger partial charge >= 0.3 is 6.09 Å². The second-order valence-electron chi connectivity index (χ2n) is 11.8. The van der Waals surface area contributed by atoms with Crippen molar-refractivity contribution in [2.45, 2.75) is 90.1 Å². The van der Waals surface area contributed by atoms with E-state index in [0.29, 0.717) is 29.4 Å². The summed E-state index contributed by atoms with van der Waals surface area (Å²) in [5, 5.41) is 0.917. The van der Waals surface area contributed by atoms with Crippen LogP contribution in [0.1, 0.15) is 96.0 Å². The van der Waals surface area contributed by atoms with Crippen LogP contribution in [-0.2, 0) is 10.2 Å². The molecule has 0 saturated carbocycles. The predicted molar refractivity (Wildman–Crippen MR) is 153 cm³/mol. The Morgan fingerprint density at radius 2 is 1.79 bits per heavy atom. The molecule has 3 heterocycles. The molecular formula is C31H38ClN3O3. The Labute approximate surface area is 230 Å². The first-order valence-corrected chi connectivity index (χ1v) is 14.3. The third kappa shape index (κ3) is 4.51. The Morgan fingerprint density at radius 1 is 1.11 bits per heavy atom. The lowest BCUT2D eigenvalue weighted by atomic mass is 9.73. The number of benzene rings is 2. The van der Waals surface area contributed by atoms with Crippen molar-refractivity contribution in [2.75, 3.05) is 13.1 Å². The van der Waals surface area contributed by atoms with E-state index in [1.165, 1.54) is 11.1 Å². The monoisotopic (exact) mass is 535 g/mol. The first-order valence-electron chi connectivity index (χ1n) is 13.9. The molecule has 0 unspecified atom stereocenters. The third-order valence-electron chi connectivity index (χ3n) is 8.04. The van der Waals surface area contributed by atoms with Gasteiger partial charge in [0.2, 0.25) is 0 Å². The summed E-state index contributed by atoms with van der Waals surface area (Å²) in [5.41, 5.74) is 3.40. The number of ether oxygens (including phenoxy) is 1. The van der Waals surface area contributed by atoms with Gasteiger partial charge in [-0.2, -0.15) is 4.98 Å². The number of likely N-dealkylation sites (tertiary alicyclic amines) is 1. The van der Waals surface area contributed by atoms with Gasteiger partial charge in [0.05, 0.1) is 27.0 Å². The van der Waals surface area contributed by atoms with Crippen LogP contribution in [0.5, 0.6) is 0 Å². The molecule has 7 heteroatoms. The van der Waals surface area contributed by atoms with E-state index in [4.69, 9.17) is 21.3 Å². The molecule has 6 nitrogen and oxygen atoms in total. The molecule has 1 aromatic heterocycles. The van der Waals surface area contributed by atoms with Crippen LogP contribution in [0.4, 0.5) is 4.79 Å². The zero-order valence-corrected chi connectivity index (χ0v) is 23.9. The number of carbonyl (C=O) groups is 1. The van der Waals surface area contributed by atoms with Crippen LogP contribution in [-0.4, -0.2) is 39.2 Å². The van der Waals surface area contributed by atoms with Crippen molar-refractivity contribution in [3.05, 3.63) is 68.7 Å². The zero-order valence-electron chi connectivity index (χ0n) is 23.1. The molecule has 0 radical (unpaired) electrons. The van der Waals surface area contributed by atoms with Gasteiger partial charge in [-0.1, -0.05) is 56.5 Å². The average molecular weight is 536 g/mol. The maximum atomic E-state index is 13.2. The zero-order chi connectivity index (χ0) is 27.2. The fourth-order valence-corrected chi connectivity index (χ4v) is 6.74. The molecule has 0 N–H and O–H groups in total. The second kappa shape index (κ2) is 10.0. The van der Waals surface area contributed by atoms with Gasteiger partial charge in [0.1, 0.15) is 11.4 Å². The Hall–Kier alpha value is -2.86. The SMILES string of the molecule is CCCC1(CCC)c2cc(C3CCN(C(=O)OC(C)(C)C)CC3)ccc2-n2c1nc(=O)c1c(Cl)cccc12. The number of piperidine rings is 1. The Morgan fingerprint density at radius 3 is 2.42 bits per heavy atom. The van der Waals surface area contributed by atoms with Crippen LogP contribution in [0.3, 0.4) is 0 Å². The van der Waals surface area contributed by atoms with Gasteiger partial charge in [0.25, 0.3) is 5.56 Å². The van der Waals surface area contributed by atoms with E-state index in [0.717, 1.165) is 55.6 Å². The molecule has 2 aromatic carbocycles. The van der Waals surface area contributed by atoms with Crippen LogP contribution >= 0.6 is 11.6 Å². The lowest BCUT2D eigenvalue weighted by Gasteiger charge is -2.34. The van der Waals surface area contributed by atoms with Crippen LogP contribution in [0.25, 0.3) is 16.6 Å². The third-order valence-corrected chi connectivity index (χ3v) is 8.36. The van der Waals surface area contributed by atoms with Gasteiger partial charge in [-0.3, -0.25) is 9.36 Å². The van der Waals surface area contributed by atoms with Crippen molar-refractivity contribution in [3.8, 4) is 5.69 Å². The van der Waals surface area contributed by atoms with Gasteiger partial charge < -0.3 is 9.64 Å². The number of carbonyl (C=O) groups excluding carboxylic acids is 1. The highest BCUT2D eigenvalue weighted by Gasteiger charge is 2.45. The number of fused-ring (bicyclic) bond motifs is 5. The van der Waals surface area contributed by atoms with Gasteiger partial charge in [0.15, 0.2) is 0 Å². The largest absolute Gasteiger partial charge is 0.444 e. The van der Waals surface area contributed by atoms with Crippen LogP contribution in [0.15, 0.2) is 41.2 Å². The highest BCUT2D eigenvalue weighted by molar-refractivity contribution is 6.35. The normalized spacial score (nSPS) is 16.9. The van der Waals surface area contributed by atoms with Crippen LogP contribution in [0.2, 0.25) is 5.02 Å². The molecule has 3 aromatic rings. The maximum absolute atomic E-state index is 13.2. The lowest BCUT2D eigenvalue weighted by molar-refractivity contribution is 0.0205. The summed E-state index contributed by atoms with van der Waals surface area (Å²) in [6.07, 6.45) is 5.39. The van der Waals surface area contributed by atoms with Gasteiger partial charge in [-0.15, -0.1) is 0 Å². The minimum Gasteiger partial charge on any atom is -0.444 e. The van der Waals surface area contributed by atoms with Crippen molar-refractivity contribution in [2.24, 2.45) is 0 Å². The highest BCUT2D eigenvalue weighted by Crippen LogP contribution is 2.50. The number of amides is 1. The average Bonchev–Trinajstić information content (AvgIpc) is 3.12. The van der Waals surface area contributed by atoms with Gasteiger partial charge in [0, 0.05) is 13.1 Å². The van der Waals surface area contributed by atoms with Crippen molar-refractivity contribution in [3.63, 3.8) is 0 Å². The van der Waals surface area contributed by atoms with Crippen LogP contribution in [0, 0.1) is 0 Å². The fourth-order valence-electron chi connectivity index (χ4n) is 6.49. The smallest absolute Gasteiger partial charge is 0.410 e. The van der Waals surface area contributed by atoms with E-state index in [1.54, 1.807) is 6.07 Å². The van der Waals surface area contributed by atoms with E-state index >= 15 is 0 Å². The number of hydrogen-bond donors (Lipinski definition) is 0. The minimum absolute atomic E-state index is 0.230. The molecule has 0 spiro atoms. The topological polar surface area (TPSA) is 64.4 Å². The summed E-state index contributed by atoms with van der Waals surface area (Å²) in [4.78, 5) is 32.4. The molecule has 1 saturated heterocycles. The first kappa shape index (κ1) is 26.7. The maximum Gasteiger partial charge on any atom is 0.410 e. The van der Waals surface area contributed by atoms with E-state index < -0.39 is 5.60 Å². The van der Waals surface area contributed by atoms with E-state index in [1.807, 2.05) is 37.8 Å². The molecule has 0 atom stereocenters. The number of halogens is 1. The first-order chi connectivity index (χ1) is 18.1. The van der Waals surface area contributed by atoms with Gasteiger partial charge in [-0.25, -0.2) is 4.79 Å². The van der Waals surface area contributed by atoms with Crippen molar-refractivity contribution >= 4 is 28.6 Å².